The first-order valence-corrected chi connectivity index (χ1v) is 8.80. The van der Waals surface area contributed by atoms with Crippen LogP contribution in [-0.4, -0.2) is 32.4 Å². The van der Waals surface area contributed by atoms with E-state index >= 15 is 0 Å². The van der Waals surface area contributed by atoms with Crippen LogP contribution in [0.15, 0.2) is 36.4 Å². The predicted molar refractivity (Wildman–Crippen MR) is 94.4 cm³/mol. The van der Waals surface area contributed by atoms with E-state index in [1.54, 1.807) is 6.92 Å². The molecule has 1 saturated carbocycles. The van der Waals surface area contributed by atoms with E-state index in [4.69, 9.17) is 14.2 Å². The Bertz CT molecular complexity index is 515. The van der Waals surface area contributed by atoms with Gasteiger partial charge in [0.15, 0.2) is 0 Å². The van der Waals surface area contributed by atoms with Gasteiger partial charge < -0.3 is 14.2 Å². The van der Waals surface area contributed by atoms with Crippen LogP contribution in [0, 0.1) is 0 Å². The molecule has 0 N–H and O–H groups in total. The molecule has 0 unspecified atom stereocenters. The second-order valence-corrected chi connectivity index (χ2v) is 6.28. The van der Waals surface area contributed by atoms with Gasteiger partial charge in [-0.15, -0.1) is 0 Å². The van der Waals surface area contributed by atoms with Crippen molar-refractivity contribution in [2.75, 3.05) is 26.4 Å². The maximum Gasteiger partial charge on any atom is 0.333 e. The van der Waals surface area contributed by atoms with E-state index in [1.807, 2.05) is 12.1 Å². The smallest absolute Gasteiger partial charge is 0.333 e. The molecule has 4 nitrogen and oxygen atoms in total. The van der Waals surface area contributed by atoms with Gasteiger partial charge in [-0.1, -0.05) is 38.0 Å². The number of esters is 1. The van der Waals surface area contributed by atoms with Gasteiger partial charge in [0, 0.05) is 5.57 Å². The minimum absolute atomic E-state index is 0.238. The van der Waals surface area contributed by atoms with Gasteiger partial charge in [0.25, 0.3) is 0 Å². The Labute approximate surface area is 144 Å². The van der Waals surface area contributed by atoms with Gasteiger partial charge in [0.2, 0.25) is 0 Å². The van der Waals surface area contributed by atoms with Gasteiger partial charge in [0.05, 0.1) is 13.2 Å². The molecule has 0 saturated heterocycles. The topological polar surface area (TPSA) is 44.8 Å². The zero-order valence-electron chi connectivity index (χ0n) is 14.6. The van der Waals surface area contributed by atoms with Crippen LogP contribution >= 0.6 is 0 Å². The first kappa shape index (κ1) is 18.5. The van der Waals surface area contributed by atoms with Gasteiger partial charge >= 0.3 is 5.97 Å². The average Bonchev–Trinajstić information content (AvgIpc) is 2.62. The van der Waals surface area contributed by atoms with Gasteiger partial charge in [-0.25, -0.2) is 4.79 Å². The summed E-state index contributed by atoms with van der Waals surface area (Å²) in [6, 6.07) is 8.45. The molecule has 1 fully saturated rings. The molecule has 0 spiro atoms. The number of hydrogen-bond acceptors (Lipinski definition) is 4. The van der Waals surface area contributed by atoms with Crippen molar-refractivity contribution < 1.29 is 19.0 Å². The molecule has 132 valence electrons. The Kier molecular flexibility index (Phi) is 7.83. The number of benzene rings is 1. The number of carbonyl (C=O) groups is 1. The van der Waals surface area contributed by atoms with Gasteiger partial charge in [0.1, 0.15) is 19.0 Å². The van der Waals surface area contributed by atoms with Crippen molar-refractivity contribution in [3.63, 3.8) is 0 Å². The van der Waals surface area contributed by atoms with Crippen LogP contribution in [0.4, 0.5) is 0 Å². The normalized spacial score (nSPS) is 15.0. The highest BCUT2D eigenvalue weighted by molar-refractivity contribution is 5.86. The minimum Gasteiger partial charge on any atom is -0.491 e. The molecule has 0 aromatic heterocycles. The number of rotatable bonds is 9. The summed E-state index contributed by atoms with van der Waals surface area (Å²) in [6.45, 7) is 6.69. The average molecular weight is 332 g/mol. The van der Waals surface area contributed by atoms with E-state index < -0.39 is 0 Å². The molecule has 4 heteroatoms. The SMILES string of the molecule is C=C(C)C(=O)OCCOCCOc1ccc(C2CCCCC2)cc1. The summed E-state index contributed by atoms with van der Waals surface area (Å²) in [5.41, 5.74) is 1.83. The third-order valence-electron chi connectivity index (χ3n) is 4.26. The monoisotopic (exact) mass is 332 g/mol. The van der Waals surface area contributed by atoms with E-state index in [9.17, 15) is 4.79 Å². The van der Waals surface area contributed by atoms with Crippen molar-refractivity contribution in [3.05, 3.63) is 42.0 Å². The molecule has 0 radical (unpaired) electrons. The van der Waals surface area contributed by atoms with Crippen LogP contribution in [0.1, 0.15) is 50.5 Å². The van der Waals surface area contributed by atoms with E-state index in [0.29, 0.717) is 25.4 Å². The Morgan fingerprint density at radius 2 is 1.71 bits per heavy atom. The summed E-state index contributed by atoms with van der Waals surface area (Å²) in [6.07, 6.45) is 6.70. The number of carbonyl (C=O) groups excluding carboxylic acids is 1. The van der Waals surface area contributed by atoms with Crippen LogP contribution in [0.5, 0.6) is 5.75 Å². The Morgan fingerprint density at radius 3 is 2.38 bits per heavy atom. The van der Waals surface area contributed by atoms with E-state index in [-0.39, 0.29) is 12.6 Å². The lowest BCUT2D eigenvalue weighted by molar-refractivity contribution is -0.140. The van der Waals surface area contributed by atoms with Gasteiger partial charge in [-0.3, -0.25) is 0 Å². The second kappa shape index (κ2) is 10.1. The minimum atomic E-state index is -0.382. The van der Waals surface area contributed by atoms with Crippen LogP contribution < -0.4 is 4.74 Å². The van der Waals surface area contributed by atoms with Crippen LogP contribution in [0.3, 0.4) is 0 Å². The van der Waals surface area contributed by atoms with E-state index in [0.717, 1.165) is 11.7 Å². The third kappa shape index (κ3) is 6.36. The summed E-state index contributed by atoms with van der Waals surface area (Å²) in [4.78, 5) is 11.2. The van der Waals surface area contributed by atoms with Crippen molar-refractivity contribution in [1.29, 1.82) is 0 Å². The molecular weight excluding hydrogens is 304 g/mol. The van der Waals surface area contributed by atoms with Crippen molar-refractivity contribution in [3.8, 4) is 5.75 Å². The highest BCUT2D eigenvalue weighted by Gasteiger charge is 2.15. The molecule has 0 aliphatic heterocycles. The van der Waals surface area contributed by atoms with E-state index in [2.05, 4.69) is 18.7 Å². The standard InChI is InChI=1S/C20H28O4/c1-16(2)20(21)24-15-13-22-12-14-23-19-10-8-18(9-11-19)17-6-4-3-5-7-17/h8-11,17H,1,3-7,12-15H2,2H3. The summed E-state index contributed by atoms with van der Waals surface area (Å²) in [7, 11) is 0. The number of hydrogen-bond donors (Lipinski definition) is 0. The summed E-state index contributed by atoms with van der Waals surface area (Å²) >= 11 is 0. The molecule has 0 atom stereocenters. The molecule has 24 heavy (non-hydrogen) atoms. The fraction of sp³-hybridized carbons (Fsp3) is 0.550. The Morgan fingerprint density at radius 1 is 1.04 bits per heavy atom. The van der Waals surface area contributed by atoms with Crippen molar-refractivity contribution in [2.45, 2.75) is 44.9 Å². The second-order valence-electron chi connectivity index (χ2n) is 6.28. The lowest BCUT2D eigenvalue weighted by atomic mass is 9.84. The maximum absolute atomic E-state index is 11.2. The largest absolute Gasteiger partial charge is 0.491 e. The predicted octanol–water partition coefficient (Wildman–Crippen LogP) is 4.25. The molecule has 1 aromatic rings. The quantitative estimate of drug-likeness (QED) is 0.385. The van der Waals surface area contributed by atoms with Gasteiger partial charge in [-0.05, 0) is 43.4 Å². The summed E-state index contributed by atoms with van der Waals surface area (Å²) in [5.74, 6) is 1.21. The van der Waals surface area contributed by atoms with Crippen molar-refractivity contribution in [2.24, 2.45) is 0 Å². The lowest BCUT2D eigenvalue weighted by Gasteiger charge is -2.22. The van der Waals surface area contributed by atoms with Crippen LogP contribution in [0.25, 0.3) is 0 Å². The molecule has 0 amide bonds. The van der Waals surface area contributed by atoms with Crippen molar-refractivity contribution >= 4 is 5.97 Å². The highest BCUT2D eigenvalue weighted by Crippen LogP contribution is 2.33. The first-order valence-electron chi connectivity index (χ1n) is 8.80. The van der Waals surface area contributed by atoms with Crippen LogP contribution in [-0.2, 0) is 14.3 Å². The fourth-order valence-electron chi connectivity index (χ4n) is 2.91. The molecule has 1 aliphatic rings. The van der Waals surface area contributed by atoms with Crippen molar-refractivity contribution in [1.82, 2.24) is 0 Å². The molecule has 1 aromatic carbocycles. The molecule has 1 aliphatic carbocycles. The number of ether oxygens (including phenoxy) is 3. The zero-order valence-corrected chi connectivity index (χ0v) is 14.6. The molecule has 2 rings (SSSR count). The van der Waals surface area contributed by atoms with Crippen LogP contribution in [0.2, 0.25) is 0 Å². The first-order chi connectivity index (χ1) is 11.7. The molecular formula is C20H28O4. The Hall–Kier alpha value is -1.81. The summed E-state index contributed by atoms with van der Waals surface area (Å²) < 4.78 is 16.0. The summed E-state index contributed by atoms with van der Waals surface area (Å²) in [5, 5.41) is 0. The van der Waals surface area contributed by atoms with Gasteiger partial charge in [-0.2, -0.15) is 0 Å². The maximum atomic E-state index is 11.2. The lowest BCUT2D eigenvalue weighted by Crippen LogP contribution is -2.13. The van der Waals surface area contributed by atoms with E-state index in [1.165, 1.54) is 37.7 Å². The fourth-order valence-corrected chi connectivity index (χ4v) is 2.91. The Balaban J connectivity index is 1.57. The third-order valence-corrected chi connectivity index (χ3v) is 4.26. The molecule has 0 heterocycles. The highest BCUT2D eigenvalue weighted by atomic mass is 16.6. The molecule has 0 bridgehead atoms. The zero-order chi connectivity index (χ0) is 17.2.